The molecule has 1 amide bonds. The Morgan fingerprint density at radius 2 is 2.04 bits per heavy atom. The van der Waals surface area contributed by atoms with Crippen LogP contribution in [0.3, 0.4) is 0 Å². The van der Waals surface area contributed by atoms with Gasteiger partial charge in [0.1, 0.15) is 6.04 Å². The van der Waals surface area contributed by atoms with Gasteiger partial charge in [0.05, 0.1) is 11.6 Å². The number of benzene rings is 1. The zero-order valence-electron chi connectivity index (χ0n) is 12.5. The van der Waals surface area contributed by atoms with Gasteiger partial charge < -0.3 is 10.6 Å². The summed E-state index contributed by atoms with van der Waals surface area (Å²) in [4.78, 5) is 13.7. The van der Waals surface area contributed by atoms with Crippen molar-refractivity contribution >= 4 is 5.91 Å². The Hall–Kier alpha value is -2.07. The molecule has 1 aromatic carbocycles. The van der Waals surface area contributed by atoms with Gasteiger partial charge >= 0.3 is 6.18 Å². The molecule has 1 aromatic rings. The largest absolute Gasteiger partial charge is 0.416 e. The minimum atomic E-state index is -4.36. The van der Waals surface area contributed by atoms with Crippen molar-refractivity contribution in [1.29, 1.82) is 5.26 Å². The van der Waals surface area contributed by atoms with Crippen LogP contribution in [0, 0.1) is 11.3 Å². The third kappa shape index (κ3) is 4.45. The van der Waals surface area contributed by atoms with Crippen LogP contribution >= 0.6 is 0 Å². The van der Waals surface area contributed by atoms with E-state index in [2.05, 4.69) is 6.07 Å². The van der Waals surface area contributed by atoms with Crippen LogP contribution in [0.25, 0.3) is 0 Å². The number of nitrogens with zero attached hydrogens (tertiary/aromatic N) is 2. The molecule has 2 N–H and O–H groups in total. The van der Waals surface area contributed by atoms with Crippen LogP contribution < -0.4 is 5.73 Å². The molecule has 1 fully saturated rings. The van der Waals surface area contributed by atoms with E-state index in [1.165, 1.54) is 17.0 Å². The average molecular weight is 325 g/mol. The minimum Gasteiger partial charge on any atom is -0.327 e. The molecule has 0 spiro atoms. The Bertz CT molecular complexity index is 592. The molecule has 2 atom stereocenters. The van der Waals surface area contributed by atoms with Crippen molar-refractivity contribution in [3.63, 3.8) is 0 Å². The molecule has 7 heteroatoms. The van der Waals surface area contributed by atoms with Gasteiger partial charge in [-0.05, 0) is 37.0 Å². The Morgan fingerprint density at radius 1 is 1.39 bits per heavy atom. The van der Waals surface area contributed by atoms with E-state index in [1.807, 2.05) is 0 Å². The molecule has 1 aliphatic rings. The van der Waals surface area contributed by atoms with Gasteiger partial charge in [-0.1, -0.05) is 12.1 Å². The zero-order chi connectivity index (χ0) is 17.0. The normalized spacial score (nSPS) is 19.4. The zero-order valence-corrected chi connectivity index (χ0v) is 12.5. The predicted octanol–water partition coefficient (Wildman–Crippen LogP) is 2.48. The van der Waals surface area contributed by atoms with Gasteiger partial charge in [0.15, 0.2) is 0 Å². The fourth-order valence-electron chi connectivity index (χ4n) is 2.75. The monoisotopic (exact) mass is 325 g/mol. The molecule has 2 rings (SSSR count). The molecule has 1 saturated heterocycles. The summed E-state index contributed by atoms with van der Waals surface area (Å²) in [6, 6.07) is 5.99. The number of hydrogen-bond donors (Lipinski definition) is 1. The molecule has 0 saturated carbocycles. The van der Waals surface area contributed by atoms with Gasteiger partial charge in [-0.15, -0.1) is 0 Å². The summed E-state index contributed by atoms with van der Waals surface area (Å²) in [7, 11) is 0. The molecular formula is C16H18F3N3O. The van der Waals surface area contributed by atoms with Gasteiger partial charge in [-0.3, -0.25) is 4.79 Å². The lowest BCUT2D eigenvalue weighted by Crippen LogP contribution is -2.39. The van der Waals surface area contributed by atoms with Crippen molar-refractivity contribution in [3.05, 3.63) is 35.4 Å². The highest BCUT2D eigenvalue weighted by Crippen LogP contribution is 2.29. The van der Waals surface area contributed by atoms with E-state index in [1.54, 1.807) is 0 Å². The summed E-state index contributed by atoms with van der Waals surface area (Å²) in [5.74, 6) is -0.173. The number of amides is 1. The molecule has 124 valence electrons. The standard InChI is InChI=1S/C16H18F3N3O/c17-16(18,19)12-5-3-11(4-6-12)8-13(21)9-15(23)22-7-1-2-14(22)10-20/h3-6,13-14H,1-2,7-9,21H2/t13-,14+/m1/s1. The molecule has 0 aliphatic carbocycles. The maximum absolute atomic E-state index is 12.5. The fourth-order valence-corrected chi connectivity index (χ4v) is 2.75. The number of nitriles is 1. The SMILES string of the molecule is N#C[C@@H]1CCCN1C(=O)C[C@H](N)Cc1ccc(C(F)(F)F)cc1. The number of hydrogen-bond acceptors (Lipinski definition) is 3. The topological polar surface area (TPSA) is 70.1 Å². The van der Waals surface area contributed by atoms with Crippen LogP contribution in [0.2, 0.25) is 0 Å². The van der Waals surface area contributed by atoms with Crippen LogP contribution in [-0.4, -0.2) is 29.4 Å². The Kier molecular flexibility index (Phi) is 5.26. The van der Waals surface area contributed by atoms with Crippen LogP contribution in [0.5, 0.6) is 0 Å². The minimum absolute atomic E-state index is 0.0825. The highest BCUT2D eigenvalue weighted by atomic mass is 19.4. The third-order valence-electron chi connectivity index (χ3n) is 3.94. The van der Waals surface area contributed by atoms with E-state index in [0.29, 0.717) is 24.9 Å². The molecule has 0 unspecified atom stereocenters. The number of alkyl halides is 3. The van der Waals surface area contributed by atoms with E-state index in [4.69, 9.17) is 11.0 Å². The third-order valence-corrected chi connectivity index (χ3v) is 3.94. The van der Waals surface area contributed by atoms with Gasteiger partial charge in [-0.2, -0.15) is 18.4 Å². The molecule has 4 nitrogen and oxygen atoms in total. The van der Waals surface area contributed by atoms with Crippen LogP contribution in [0.15, 0.2) is 24.3 Å². The summed E-state index contributed by atoms with van der Waals surface area (Å²) in [6.07, 6.45) is -2.48. The van der Waals surface area contributed by atoms with E-state index >= 15 is 0 Å². The summed E-state index contributed by atoms with van der Waals surface area (Å²) in [6.45, 7) is 0.560. The molecule has 1 aliphatic heterocycles. The summed E-state index contributed by atoms with van der Waals surface area (Å²) >= 11 is 0. The Balaban J connectivity index is 1.91. The first-order chi connectivity index (χ1) is 10.8. The van der Waals surface area contributed by atoms with Crippen molar-refractivity contribution in [2.45, 2.75) is 43.9 Å². The van der Waals surface area contributed by atoms with E-state index in [-0.39, 0.29) is 18.4 Å². The Morgan fingerprint density at radius 3 is 2.61 bits per heavy atom. The molecule has 0 radical (unpaired) electrons. The molecule has 0 bridgehead atoms. The number of likely N-dealkylation sites (tertiary alicyclic amines) is 1. The molecule has 0 aromatic heterocycles. The van der Waals surface area contributed by atoms with Gasteiger partial charge in [0, 0.05) is 19.0 Å². The molecular weight excluding hydrogens is 307 g/mol. The summed E-state index contributed by atoms with van der Waals surface area (Å²) in [5.41, 5.74) is 5.87. The second-order valence-corrected chi connectivity index (χ2v) is 5.74. The van der Waals surface area contributed by atoms with Crippen molar-refractivity contribution in [2.24, 2.45) is 5.73 Å². The van der Waals surface area contributed by atoms with Crippen LogP contribution in [0.1, 0.15) is 30.4 Å². The first-order valence-electron chi connectivity index (χ1n) is 7.42. The van der Waals surface area contributed by atoms with Gasteiger partial charge in [0.25, 0.3) is 0 Å². The lowest BCUT2D eigenvalue weighted by atomic mass is 10.0. The number of carbonyl (C=O) groups is 1. The second kappa shape index (κ2) is 7.01. The lowest BCUT2D eigenvalue weighted by Gasteiger charge is -2.21. The van der Waals surface area contributed by atoms with Gasteiger partial charge in [0.2, 0.25) is 5.91 Å². The molecule has 1 heterocycles. The first kappa shape index (κ1) is 17.3. The van der Waals surface area contributed by atoms with Gasteiger partial charge in [-0.25, -0.2) is 0 Å². The smallest absolute Gasteiger partial charge is 0.327 e. The second-order valence-electron chi connectivity index (χ2n) is 5.74. The van der Waals surface area contributed by atoms with E-state index < -0.39 is 17.8 Å². The number of rotatable bonds is 4. The predicted molar refractivity (Wildman–Crippen MR) is 78.1 cm³/mol. The summed E-state index contributed by atoms with van der Waals surface area (Å²) < 4.78 is 37.5. The average Bonchev–Trinajstić information content (AvgIpc) is 2.95. The quantitative estimate of drug-likeness (QED) is 0.924. The maximum Gasteiger partial charge on any atom is 0.416 e. The lowest BCUT2D eigenvalue weighted by molar-refractivity contribution is -0.137. The van der Waals surface area contributed by atoms with Crippen LogP contribution in [-0.2, 0) is 17.4 Å². The first-order valence-corrected chi connectivity index (χ1v) is 7.42. The van der Waals surface area contributed by atoms with E-state index in [9.17, 15) is 18.0 Å². The maximum atomic E-state index is 12.5. The fraction of sp³-hybridized carbons (Fsp3) is 0.500. The molecule has 23 heavy (non-hydrogen) atoms. The van der Waals surface area contributed by atoms with Crippen molar-refractivity contribution in [3.8, 4) is 6.07 Å². The highest BCUT2D eigenvalue weighted by Gasteiger charge is 2.31. The van der Waals surface area contributed by atoms with Crippen molar-refractivity contribution in [1.82, 2.24) is 4.90 Å². The number of halogens is 3. The number of nitrogens with two attached hydrogens (primary N) is 1. The summed E-state index contributed by atoms with van der Waals surface area (Å²) in [5, 5.41) is 8.98. The van der Waals surface area contributed by atoms with Crippen molar-refractivity contribution in [2.75, 3.05) is 6.54 Å². The highest BCUT2D eigenvalue weighted by molar-refractivity contribution is 5.77. The Labute approximate surface area is 132 Å². The number of carbonyl (C=O) groups excluding carboxylic acids is 1. The van der Waals surface area contributed by atoms with Crippen LogP contribution in [0.4, 0.5) is 13.2 Å². The van der Waals surface area contributed by atoms with E-state index in [0.717, 1.165) is 18.6 Å². The van der Waals surface area contributed by atoms with Crippen molar-refractivity contribution < 1.29 is 18.0 Å².